The van der Waals surface area contributed by atoms with Crippen LogP contribution in [-0.4, -0.2) is 60.5 Å². The van der Waals surface area contributed by atoms with E-state index < -0.39 is 45.1 Å². The Kier molecular flexibility index (Phi) is 31.9. The number of phosphoric ester groups is 1. The molecule has 0 aromatic carbocycles. The van der Waals surface area contributed by atoms with E-state index in [9.17, 15) is 19.0 Å². The fourth-order valence-electron chi connectivity index (χ4n) is 4.82. The molecule has 0 aliphatic rings. The lowest BCUT2D eigenvalue weighted by atomic mass is 10.1. The van der Waals surface area contributed by atoms with E-state index in [1.54, 1.807) is 0 Å². The lowest BCUT2D eigenvalue weighted by Gasteiger charge is -2.20. The SMILES string of the molecule is CCC/C=C\C/C=C\CCCCCCCCOCC(COP(=O)(O)OCC(N)C(=O)O)OC(=O)CCCCCCCCCCCCC. The first kappa shape index (κ1) is 45.5. The molecule has 0 aliphatic heterocycles. The Morgan fingerprint density at radius 3 is 1.81 bits per heavy atom. The van der Waals surface area contributed by atoms with Gasteiger partial charge < -0.3 is 25.2 Å². The van der Waals surface area contributed by atoms with Crippen molar-refractivity contribution < 1.29 is 42.7 Å². The van der Waals surface area contributed by atoms with Gasteiger partial charge in [-0.05, 0) is 38.5 Å². The molecule has 11 heteroatoms. The van der Waals surface area contributed by atoms with Crippen molar-refractivity contribution in [3.05, 3.63) is 24.3 Å². The van der Waals surface area contributed by atoms with E-state index >= 15 is 0 Å². The van der Waals surface area contributed by atoms with E-state index in [1.165, 1.54) is 77.0 Å². The van der Waals surface area contributed by atoms with Gasteiger partial charge in [-0.1, -0.05) is 134 Å². The molecular weight excluding hydrogens is 621 g/mol. The van der Waals surface area contributed by atoms with E-state index in [2.05, 4.69) is 42.7 Å². The lowest BCUT2D eigenvalue weighted by molar-refractivity contribution is -0.154. The maximum Gasteiger partial charge on any atom is 0.472 e. The van der Waals surface area contributed by atoms with Gasteiger partial charge in [0.2, 0.25) is 0 Å². The van der Waals surface area contributed by atoms with Crippen LogP contribution in [0.15, 0.2) is 24.3 Å². The molecule has 4 N–H and O–H groups in total. The minimum absolute atomic E-state index is 0.0125. The number of carbonyl (C=O) groups is 2. The first-order chi connectivity index (χ1) is 22.7. The third kappa shape index (κ3) is 32.8. The van der Waals surface area contributed by atoms with Gasteiger partial charge in [-0.3, -0.25) is 18.6 Å². The standard InChI is InChI=1S/C36H68NO9P/c1-3-5-7-9-11-13-15-16-17-19-21-23-25-27-29-43-30-33(31-44-47(41,42)45-32-34(37)36(39)40)46-35(38)28-26-24-22-20-18-14-12-10-8-6-4-2/h7,9,13,15,33-34H,3-6,8,10-12,14,16-32,37H2,1-2H3,(H,39,40)(H,41,42)/b9-7-,15-13-. The Labute approximate surface area is 285 Å². The lowest BCUT2D eigenvalue weighted by Crippen LogP contribution is -2.34. The average molecular weight is 690 g/mol. The summed E-state index contributed by atoms with van der Waals surface area (Å²) in [4.78, 5) is 33.3. The summed E-state index contributed by atoms with van der Waals surface area (Å²) in [5, 5.41) is 8.85. The Hall–Kier alpha value is -1.55. The smallest absolute Gasteiger partial charge is 0.472 e. The number of hydrogen-bond acceptors (Lipinski definition) is 8. The Morgan fingerprint density at radius 1 is 0.681 bits per heavy atom. The highest BCUT2D eigenvalue weighted by Gasteiger charge is 2.27. The normalized spacial score (nSPS) is 14.5. The second-order valence-electron chi connectivity index (χ2n) is 12.4. The van der Waals surface area contributed by atoms with E-state index in [0.29, 0.717) is 13.0 Å². The Bertz CT molecular complexity index is 852. The zero-order chi connectivity index (χ0) is 34.9. The largest absolute Gasteiger partial charge is 0.480 e. The number of phosphoric acid groups is 1. The molecule has 0 amide bonds. The third-order valence-corrected chi connectivity index (χ3v) is 8.67. The van der Waals surface area contributed by atoms with Crippen molar-refractivity contribution in [1.82, 2.24) is 0 Å². The van der Waals surface area contributed by atoms with Gasteiger partial charge in [-0.2, -0.15) is 0 Å². The molecule has 0 aromatic heterocycles. The van der Waals surface area contributed by atoms with Gasteiger partial charge in [-0.15, -0.1) is 0 Å². The number of unbranched alkanes of at least 4 members (excludes halogenated alkanes) is 17. The Balaban J connectivity index is 4.33. The van der Waals surface area contributed by atoms with Crippen molar-refractivity contribution in [2.75, 3.05) is 26.4 Å². The van der Waals surface area contributed by atoms with Gasteiger partial charge in [0.05, 0.1) is 19.8 Å². The number of hydrogen-bond donors (Lipinski definition) is 3. The summed E-state index contributed by atoms with van der Waals surface area (Å²) in [6.45, 7) is 3.77. The minimum atomic E-state index is -4.60. The molecule has 3 unspecified atom stereocenters. The fourth-order valence-corrected chi connectivity index (χ4v) is 5.59. The van der Waals surface area contributed by atoms with Crippen molar-refractivity contribution in [1.29, 1.82) is 0 Å². The first-order valence-electron chi connectivity index (χ1n) is 18.4. The summed E-state index contributed by atoms with van der Waals surface area (Å²) in [6, 6.07) is -1.47. The van der Waals surface area contributed by atoms with Gasteiger partial charge in [0, 0.05) is 13.0 Å². The molecule has 47 heavy (non-hydrogen) atoms. The molecule has 10 nitrogen and oxygen atoms in total. The van der Waals surface area contributed by atoms with Gasteiger partial charge in [-0.25, -0.2) is 4.57 Å². The molecule has 0 saturated carbocycles. The number of allylic oxidation sites excluding steroid dienone is 4. The van der Waals surface area contributed by atoms with Crippen LogP contribution in [0, 0.1) is 0 Å². The summed E-state index contributed by atoms with van der Waals surface area (Å²) in [6.07, 6.45) is 32.3. The highest BCUT2D eigenvalue weighted by molar-refractivity contribution is 7.47. The van der Waals surface area contributed by atoms with E-state index in [-0.39, 0.29) is 13.0 Å². The monoisotopic (exact) mass is 689 g/mol. The predicted molar refractivity (Wildman–Crippen MR) is 189 cm³/mol. The molecule has 0 rings (SSSR count). The quantitative estimate of drug-likeness (QED) is 0.0254. The molecule has 0 heterocycles. The number of esters is 1. The first-order valence-corrected chi connectivity index (χ1v) is 19.9. The fraction of sp³-hybridized carbons (Fsp3) is 0.833. The second kappa shape index (κ2) is 33.0. The molecule has 0 aromatic rings. The highest BCUT2D eigenvalue weighted by atomic mass is 31.2. The zero-order valence-electron chi connectivity index (χ0n) is 29.6. The van der Waals surface area contributed by atoms with Crippen LogP contribution >= 0.6 is 7.82 Å². The molecular formula is C36H68NO9P. The van der Waals surface area contributed by atoms with Crippen molar-refractivity contribution in [3.63, 3.8) is 0 Å². The number of carbonyl (C=O) groups excluding carboxylic acids is 1. The maximum atomic E-state index is 12.5. The number of carboxylic acids is 1. The number of nitrogens with two attached hydrogens (primary N) is 1. The predicted octanol–water partition coefficient (Wildman–Crippen LogP) is 9.19. The van der Waals surface area contributed by atoms with Crippen molar-refractivity contribution in [2.45, 2.75) is 167 Å². The van der Waals surface area contributed by atoms with Gasteiger partial charge in [0.15, 0.2) is 0 Å². The van der Waals surface area contributed by atoms with E-state index in [0.717, 1.165) is 51.4 Å². The van der Waals surface area contributed by atoms with Gasteiger partial charge >= 0.3 is 19.8 Å². The van der Waals surface area contributed by atoms with E-state index in [4.69, 9.17) is 24.8 Å². The topological polar surface area (TPSA) is 155 Å². The Morgan fingerprint density at radius 2 is 1.21 bits per heavy atom. The van der Waals surface area contributed by atoms with Crippen LogP contribution in [0.25, 0.3) is 0 Å². The number of ether oxygens (including phenoxy) is 2. The van der Waals surface area contributed by atoms with Crippen LogP contribution in [-0.2, 0) is 32.7 Å². The minimum Gasteiger partial charge on any atom is -0.480 e. The molecule has 0 spiro atoms. The third-order valence-electron chi connectivity index (χ3n) is 7.71. The van der Waals surface area contributed by atoms with Crippen molar-refractivity contribution >= 4 is 19.8 Å². The molecule has 0 saturated heterocycles. The molecule has 0 bridgehead atoms. The van der Waals surface area contributed by atoms with Crippen molar-refractivity contribution in [3.8, 4) is 0 Å². The van der Waals surface area contributed by atoms with Crippen LogP contribution in [0.4, 0.5) is 0 Å². The van der Waals surface area contributed by atoms with Gasteiger partial charge in [0.25, 0.3) is 0 Å². The average Bonchev–Trinajstić information content (AvgIpc) is 3.04. The van der Waals surface area contributed by atoms with Crippen LogP contribution in [0.5, 0.6) is 0 Å². The molecule has 3 atom stereocenters. The zero-order valence-corrected chi connectivity index (χ0v) is 30.5. The number of carboxylic acid groups (broad SMARTS) is 1. The van der Waals surface area contributed by atoms with Crippen LogP contribution in [0.2, 0.25) is 0 Å². The summed E-state index contributed by atoms with van der Waals surface area (Å²) in [5.41, 5.74) is 5.33. The van der Waals surface area contributed by atoms with Crippen LogP contribution in [0.3, 0.4) is 0 Å². The highest BCUT2D eigenvalue weighted by Crippen LogP contribution is 2.43. The van der Waals surface area contributed by atoms with Gasteiger partial charge in [0.1, 0.15) is 12.1 Å². The summed E-state index contributed by atoms with van der Waals surface area (Å²) in [7, 11) is -4.60. The number of aliphatic carboxylic acids is 1. The molecule has 276 valence electrons. The summed E-state index contributed by atoms with van der Waals surface area (Å²) >= 11 is 0. The van der Waals surface area contributed by atoms with Crippen LogP contribution < -0.4 is 5.73 Å². The summed E-state index contributed by atoms with van der Waals surface area (Å²) < 4.78 is 33.1. The second-order valence-corrected chi connectivity index (χ2v) is 13.8. The van der Waals surface area contributed by atoms with Crippen LogP contribution in [0.1, 0.15) is 155 Å². The molecule has 0 fully saturated rings. The molecule has 0 aliphatic carbocycles. The number of rotatable bonds is 35. The maximum absolute atomic E-state index is 12.5. The van der Waals surface area contributed by atoms with E-state index in [1.807, 2.05) is 0 Å². The van der Waals surface area contributed by atoms with Crippen molar-refractivity contribution in [2.24, 2.45) is 5.73 Å². The molecule has 0 radical (unpaired) electrons. The summed E-state index contributed by atoms with van der Waals surface area (Å²) in [5.74, 6) is -1.78.